The minimum Gasteiger partial charge on any atom is -0.381 e. The molecular formula is C11H14F3NO2. The molecule has 1 N–H and O–H groups in total. The Morgan fingerprint density at radius 3 is 2.76 bits per heavy atom. The second-order valence-corrected chi connectivity index (χ2v) is 3.85. The van der Waals surface area contributed by atoms with E-state index in [1.165, 1.54) is 0 Å². The molecule has 0 aliphatic carbocycles. The van der Waals surface area contributed by atoms with E-state index in [0.29, 0.717) is 19.4 Å². The maximum atomic E-state index is 12.8. The number of hydrogen-bond donors (Lipinski definition) is 1. The van der Waals surface area contributed by atoms with Crippen LogP contribution in [0.5, 0.6) is 0 Å². The molecule has 1 amide bonds. The van der Waals surface area contributed by atoms with Crippen molar-refractivity contribution in [2.45, 2.75) is 25.1 Å². The summed E-state index contributed by atoms with van der Waals surface area (Å²) in [7, 11) is 0. The molecule has 6 heteroatoms. The third-order valence-electron chi connectivity index (χ3n) is 2.55. The fourth-order valence-electron chi connectivity index (χ4n) is 1.78. The van der Waals surface area contributed by atoms with Gasteiger partial charge in [-0.2, -0.15) is 13.2 Å². The topological polar surface area (TPSA) is 38.3 Å². The highest BCUT2D eigenvalue weighted by Gasteiger charge is 2.45. The summed E-state index contributed by atoms with van der Waals surface area (Å²) in [6.07, 6.45) is -2.66. The molecule has 0 spiro atoms. The van der Waals surface area contributed by atoms with Gasteiger partial charge in [0.05, 0.1) is 6.61 Å². The van der Waals surface area contributed by atoms with Crippen LogP contribution < -0.4 is 5.32 Å². The quantitative estimate of drug-likeness (QED) is 0.612. The molecule has 0 aromatic heterocycles. The molecule has 0 aromatic rings. The van der Waals surface area contributed by atoms with E-state index in [-0.39, 0.29) is 6.61 Å². The first-order chi connectivity index (χ1) is 7.95. The van der Waals surface area contributed by atoms with E-state index >= 15 is 0 Å². The fraction of sp³-hybridized carbons (Fsp3) is 0.636. The van der Waals surface area contributed by atoms with Crippen LogP contribution in [0.2, 0.25) is 0 Å². The number of nitrogens with one attached hydrogen (secondary N) is 1. The number of alkyl halides is 3. The van der Waals surface area contributed by atoms with Crippen molar-refractivity contribution < 1.29 is 22.7 Å². The zero-order valence-corrected chi connectivity index (χ0v) is 9.22. The third-order valence-corrected chi connectivity index (χ3v) is 2.55. The molecule has 1 aliphatic heterocycles. The predicted molar refractivity (Wildman–Crippen MR) is 55.2 cm³/mol. The first-order valence-corrected chi connectivity index (χ1v) is 5.26. The molecule has 17 heavy (non-hydrogen) atoms. The molecule has 1 saturated heterocycles. The molecule has 1 aliphatic rings. The van der Waals surface area contributed by atoms with Crippen molar-refractivity contribution in [1.29, 1.82) is 0 Å². The Morgan fingerprint density at radius 2 is 2.29 bits per heavy atom. The first kappa shape index (κ1) is 13.8. The molecule has 0 radical (unpaired) electrons. The summed E-state index contributed by atoms with van der Waals surface area (Å²) in [5, 5.41) is 1.93. The summed E-state index contributed by atoms with van der Waals surface area (Å²) < 4.78 is 43.4. The van der Waals surface area contributed by atoms with Crippen LogP contribution in [0.25, 0.3) is 0 Å². The number of amides is 1. The van der Waals surface area contributed by atoms with E-state index in [1.807, 2.05) is 5.32 Å². The van der Waals surface area contributed by atoms with Gasteiger partial charge in [0.2, 0.25) is 0 Å². The normalized spacial score (nSPS) is 22.4. The van der Waals surface area contributed by atoms with Crippen LogP contribution in [0.15, 0.2) is 18.4 Å². The summed E-state index contributed by atoms with van der Waals surface area (Å²) in [6.45, 7) is 3.63. The molecule has 3 nitrogen and oxygen atoms in total. The monoisotopic (exact) mass is 249 g/mol. The zero-order valence-electron chi connectivity index (χ0n) is 9.22. The summed E-state index contributed by atoms with van der Waals surface area (Å²) in [4.78, 5) is 11.1. The predicted octanol–water partition coefficient (Wildman–Crippen LogP) is 1.80. The minimum absolute atomic E-state index is 0.0161. The van der Waals surface area contributed by atoms with Gasteiger partial charge >= 0.3 is 6.18 Å². The van der Waals surface area contributed by atoms with Crippen LogP contribution in [-0.2, 0) is 9.53 Å². The summed E-state index contributed by atoms with van der Waals surface area (Å²) in [5.74, 6) is -1.57. The van der Waals surface area contributed by atoms with Gasteiger partial charge in [0.15, 0.2) is 0 Å². The first-order valence-electron chi connectivity index (χ1n) is 5.26. The third kappa shape index (κ3) is 4.24. The lowest BCUT2D eigenvalue weighted by Gasteiger charge is -2.31. The molecule has 2 atom stereocenters. The average molecular weight is 249 g/mol. The van der Waals surface area contributed by atoms with Gasteiger partial charge in [-0.1, -0.05) is 6.58 Å². The highest BCUT2D eigenvalue weighted by Crippen LogP contribution is 2.30. The van der Waals surface area contributed by atoms with Gasteiger partial charge in [-0.25, -0.2) is 0 Å². The molecule has 1 heterocycles. The molecular weight excluding hydrogens is 235 g/mol. The maximum Gasteiger partial charge on any atom is 0.408 e. The molecule has 0 aromatic carbocycles. The molecule has 0 bridgehead atoms. The van der Waals surface area contributed by atoms with Crippen LogP contribution in [0, 0.1) is 5.92 Å². The van der Waals surface area contributed by atoms with Gasteiger partial charge in [-0.15, -0.1) is 5.73 Å². The minimum atomic E-state index is -4.48. The van der Waals surface area contributed by atoms with Crippen molar-refractivity contribution in [3.8, 4) is 0 Å². The van der Waals surface area contributed by atoms with Crippen molar-refractivity contribution in [2.24, 2.45) is 5.92 Å². The number of ether oxygens (including phenoxy) is 1. The van der Waals surface area contributed by atoms with E-state index < -0.39 is 24.0 Å². The lowest BCUT2D eigenvalue weighted by atomic mass is 9.93. The largest absolute Gasteiger partial charge is 0.408 e. The van der Waals surface area contributed by atoms with Crippen LogP contribution in [-0.4, -0.2) is 31.3 Å². The Balaban J connectivity index is 2.72. The van der Waals surface area contributed by atoms with Crippen molar-refractivity contribution >= 4 is 5.91 Å². The van der Waals surface area contributed by atoms with Gasteiger partial charge in [-0.05, 0) is 12.8 Å². The van der Waals surface area contributed by atoms with Crippen molar-refractivity contribution in [3.63, 3.8) is 0 Å². The van der Waals surface area contributed by atoms with E-state index in [2.05, 4.69) is 12.3 Å². The Morgan fingerprint density at radius 1 is 1.59 bits per heavy atom. The Bertz CT molecular complexity index is 315. The number of carbonyl (C=O) groups is 1. The second-order valence-electron chi connectivity index (χ2n) is 3.85. The fourth-order valence-corrected chi connectivity index (χ4v) is 1.78. The Kier molecular flexibility index (Phi) is 4.78. The number of hydrogen-bond acceptors (Lipinski definition) is 2. The van der Waals surface area contributed by atoms with Gasteiger partial charge in [0.25, 0.3) is 5.91 Å². The van der Waals surface area contributed by atoms with Crippen LogP contribution >= 0.6 is 0 Å². The molecule has 2 unspecified atom stereocenters. The molecule has 96 valence electrons. The van der Waals surface area contributed by atoms with Gasteiger partial charge < -0.3 is 10.1 Å². The van der Waals surface area contributed by atoms with Crippen molar-refractivity contribution in [1.82, 2.24) is 5.32 Å². The zero-order chi connectivity index (χ0) is 12.9. The summed E-state index contributed by atoms with van der Waals surface area (Å²) in [6, 6.07) is -1.88. The molecule has 1 fully saturated rings. The van der Waals surface area contributed by atoms with Crippen LogP contribution in [0.3, 0.4) is 0 Å². The lowest BCUT2D eigenvalue weighted by molar-refractivity contribution is -0.179. The van der Waals surface area contributed by atoms with Crippen molar-refractivity contribution in [2.75, 3.05) is 13.2 Å². The highest BCUT2D eigenvalue weighted by atomic mass is 19.4. The van der Waals surface area contributed by atoms with E-state index in [4.69, 9.17) is 4.74 Å². The smallest absolute Gasteiger partial charge is 0.381 e. The highest BCUT2D eigenvalue weighted by molar-refractivity contribution is 5.87. The van der Waals surface area contributed by atoms with Crippen molar-refractivity contribution in [3.05, 3.63) is 18.4 Å². The van der Waals surface area contributed by atoms with Crippen LogP contribution in [0.1, 0.15) is 12.8 Å². The second kappa shape index (κ2) is 5.89. The number of rotatable bonds is 3. The number of carbonyl (C=O) groups excluding carboxylic acids is 1. The summed E-state index contributed by atoms with van der Waals surface area (Å²) in [5.41, 5.74) is 2.14. The van der Waals surface area contributed by atoms with E-state index in [9.17, 15) is 18.0 Å². The van der Waals surface area contributed by atoms with E-state index in [0.717, 1.165) is 6.08 Å². The molecule has 1 rings (SSSR count). The SMILES string of the molecule is C=C=CC(=O)NC(C1CCCOC1)C(F)(F)F. The van der Waals surface area contributed by atoms with Gasteiger partial charge in [-0.3, -0.25) is 4.79 Å². The average Bonchev–Trinajstić information content (AvgIpc) is 2.26. The Hall–Kier alpha value is -1.26. The van der Waals surface area contributed by atoms with E-state index in [1.54, 1.807) is 0 Å². The maximum absolute atomic E-state index is 12.8. The van der Waals surface area contributed by atoms with Gasteiger partial charge in [0, 0.05) is 18.6 Å². The van der Waals surface area contributed by atoms with Gasteiger partial charge in [0.1, 0.15) is 6.04 Å². The Labute approximate surface area is 97.3 Å². The lowest BCUT2D eigenvalue weighted by Crippen LogP contribution is -2.51. The molecule has 0 saturated carbocycles. The van der Waals surface area contributed by atoms with Crippen LogP contribution in [0.4, 0.5) is 13.2 Å². The summed E-state index contributed by atoms with van der Waals surface area (Å²) >= 11 is 0. The standard InChI is InChI=1S/C11H14F3NO2/c1-2-4-9(16)15-10(11(12,13)14)8-5-3-6-17-7-8/h4,8,10H,1,3,5-7H2,(H,15,16). The number of halogens is 3.